The third-order valence-corrected chi connectivity index (χ3v) is 3.64. The molecule has 0 aliphatic heterocycles. The Morgan fingerprint density at radius 1 is 1.47 bits per heavy atom. The van der Waals surface area contributed by atoms with E-state index in [2.05, 4.69) is 22.2 Å². The third-order valence-electron chi connectivity index (χ3n) is 3.35. The van der Waals surface area contributed by atoms with Gasteiger partial charge in [-0.05, 0) is 32.6 Å². The lowest BCUT2D eigenvalue weighted by atomic mass is 9.80. The molecule has 1 atom stereocenters. The number of nitrogens with zero attached hydrogens (tertiary/aromatic N) is 2. The molecule has 1 aliphatic rings. The van der Waals surface area contributed by atoms with Gasteiger partial charge >= 0.3 is 0 Å². The Labute approximate surface area is 106 Å². The van der Waals surface area contributed by atoms with Crippen LogP contribution in [0.3, 0.4) is 0 Å². The second-order valence-corrected chi connectivity index (χ2v) is 4.92. The summed E-state index contributed by atoms with van der Waals surface area (Å²) >= 11 is 5.92. The Balaban J connectivity index is 2.21. The second-order valence-electron chi connectivity index (χ2n) is 4.57. The first kappa shape index (κ1) is 12.3. The summed E-state index contributed by atoms with van der Waals surface area (Å²) in [6, 6.07) is 0.313. The van der Waals surface area contributed by atoms with E-state index in [0.717, 1.165) is 0 Å². The van der Waals surface area contributed by atoms with Crippen molar-refractivity contribution in [1.82, 2.24) is 9.97 Å². The van der Waals surface area contributed by atoms with Crippen LogP contribution in [0.5, 0.6) is 0 Å². The Kier molecular flexibility index (Phi) is 3.62. The lowest BCUT2D eigenvalue weighted by Gasteiger charge is -2.32. The average molecular weight is 254 g/mol. The lowest BCUT2D eigenvalue weighted by molar-refractivity contribution is 0.112. The van der Waals surface area contributed by atoms with Gasteiger partial charge in [0.05, 0.1) is 5.56 Å². The van der Waals surface area contributed by atoms with Crippen LogP contribution in [-0.4, -0.2) is 22.3 Å². The van der Waals surface area contributed by atoms with Crippen LogP contribution in [0, 0.1) is 12.8 Å². The Morgan fingerprint density at radius 3 is 2.71 bits per heavy atom. The van der Waals surface area contributed by atoms with Gasteiger partial charge < -0.3 is 5.32 Å². The molecule has 1 fully saturated rings. The maximum atomic E-state index is 11.0. The third kappa shape index (κ3) is 2.57. The molecule has 0 aromatic carbocycles. The minimum absolute atomic E-state index is 0.218. The molecule has 2 rings (SSSR count). The molecule has 17 heavy (non-hydrogen) atoms. The van der Waals surface area contributed by atoms with Crippen molar-refractivity contribution in [2.24, 2.45) is 5.92 Å². The van der Waals surface area contributed by atoms with Crippen molar-refractivity contribution in [2.75, 3.05) is 5.32 Å². The predicted molar refractivity (Wildman–Crippen MR) is 67.6 cm³/mol. The van der Waals surface area contributed by atoms with Crippen molar-refractivity contribution < 1.29 is 4.79 Å². The molecule has 0 radical (unpaired) electrons. The normalized spacial score (nSPS) is 17.4. The monoisotopic (exact) mass is 253 g/mol. The largest absolute Gasteiger partial charge is 0.367 e. The highest BCUT2D eigenvalue weighted by Gasteiger charge is 2.25. The molecule has 1 aromatic rings. The van der Waals surface area contributed by atoms with E-state index in [1.807, 2.05) is 0 Å². The van der Waals surface area contributed by atoms with Gasteiger partial charge in [-0.1, -0.05) is 18.0 Å². The Morgan fingerprint density at radius 2 is 2.18 bits per heavy atom. The number of hydrogen-bond acceptors (Lipinski definition) is 4. The van der Waals surface area contributed by atoms with Gasteiger partial charge in [0.25, 0.3) is 0 Å². The van der Waals surface area contributed by atoms with Crippen LogP contribution >= 0.6 is 11.6 Å². The van der Waals surface area contributed by atoms with E-state index < -0.39 is 0 Å². The quantitative estimate of drug-likeness (QED) is 0.662. The fourth-order valence-corrected chi connectivity index (χ4v) is 2.29. The molecule has 0 spiro atoms. The SMILES string of the molecule is Cc1nc(Cl)c(C=O)c(NC(C)C2CCC2)n1. The summed E-state index contributed by atoms with van der Waals surface area (Å²) in [6.45, 7) is 3.88. The smallest absolute Gasteiger partial charge is 0.156 e. The van der Waals surface area contributed by atoms with Crippen molar-refractivity contribution in [3.8, 4) is 0 Å². The number of rotatable bonds is 4. The summed E-state index contributed by atoms with van der Waals surface area (Å²) < 4.78 is 0. The molecule has 0 bridgehead atoms. The molecule has 1 aliphatic carbocycles. The zero-order valence-corrected chi connectivity index (χ0v) is 10.8. The molecule has 0 amide bonds. The van der Waals surface area contributed by atoms with Crippen LogP contribution in [0.15, 0.2) is 0 Å². The van der Waals surface area contributed by atoms with Crippen LogP contribution in [0.4, 0.5) is 5.82 Å². The van der Waals surface area contributed by atoms with Gasteiger partial charge in [0.1, 0.15) is 16.8 Å². The standard InChI is InChI=1S/C12H16ClN3O/c1-7(9-4-3-5-9)14-12-10(6-17)11(13)15-8(2)16-12/h6-7,9H,3-5H2,1-2H3,(H,14,15,16). The van der Waals surface area contributed by atoms with Gasteiger partial charge in [-0.3, -0.25) is 4.79 Å². The molecule has 92 valence electrons. The van der Waals surface area contributed by atoms with Gasteiger partial charge in [-0.15, -0.1) is 0 Å². The van der Waals surface area contributed by atoms with Crippen LogP contribution in [0.1, 0.15) is 42.4 Å². The second kappa shape index (κ2) is 5.00. The maximum Gasteiger partial charge on any atom is 0.156 e. The van der Waals surface area contributed by atoms with E-state index in [1.54, 1.807) is 6.92 Å². The number of hydrogen-bond donors (Lipinski definition) is 1. The van der Waals surface area contributed by atoms with E-state index in [4.69, 9.17) is 11.6 Å². The van der Waals surface area contributed by atoms with E-state index in [0.29, 0.717) is 35.5 Å². The number of carbonyl (C=O) groups is 1. The number of aryl methyl sites for hydroxylation is 1. The summed E-state index contributed by atoms with van der Waals surface area (Å²) in [5.41, 5.74) is 0.350. The number of aromatic nitrogens is 2. The summed E-state index contributed by atoms with van der Waals surface area (Å²) in [6.07, 6.45) is 4.48. The fraction of sp³-hybridized carbons (Fsp3) is 0.583. The van der Waals surface area contributed by atoms with E-state index in [-0.39, 0.29) is 5.15 Å². The highest BCUT2D eigenvalue weighted by Crippen LogP contribution is 2.31. The summed E-state index contributed by atoms with van der Waals surface area (Å²) in [4.78, 5) is 19.2. The van der Waals surface area contributed by atoms with Gasteiger partial charge in [-0.25, -0.2) is 9.97 Å². The molecule has 0 saturated heterocycles. The van der Waals surface area contributed by atoms with E-state index in [9.17, 15) is 4.79 Å². The molecule has 4 nitrogen and oxygen atoms in total. The van der Waals surface area contributed by atoms with Crippen LogP contribution in [0.2, 0.25) is 5.15 Å². The summed E-state index contributed by atoms with van der Waals surface area (Å²) in [5, 5.41) is 3.50. The van der Waals surface area contributed by atoms with Gasteiger partial charge in [0.2, 0.25) is 0 Å². The molecule has 5 heteroatoms. The lowest BCUT2D eigenvalue weighted by Crippen LogP contribution is -2.31. The molecule has 1 heterocycles. The highest BCUT2D eigenvalue weighted by molar-refractivity contribution is 6.32. The fourth-order valence-electron chi connectivity index (χ4n) is 2.03. The van der Waals surface area contributed by atoms with Crippen molar-refractivity contribution >= 4 is 23.7 Å². The van der Waals surface area contributed by atoms with Gasteiger partial charge in [0.15, 0.2) is 6.29 Å². The Bertz CT molecular complexity index is 432. The first-order valence-electron chi connectivity index (χ1n) is 5.87. The van der Waals surface area contributed by atoms with Crippen molar-refractivity contribution in [1.29, 1.82) is 0 Å². The average Bonchev–Trinajstić information content (AvgIpc) is 2.13. The highest BCUT2D eigenvalue weighted by atomic mass is 35.5. The van der Waals surface area contributed by atoms with E-state index in [1.165, 1.54) is 19.3 Å². The van der Waals surface area contributed by atoms with Gasteiger partial charge in [0, 0.05) is 6.04 Å². The number of nitrogens with one attached hydrogen (secondary N) is 1. The minimum atomic E-state index is 0.218. The topological polar surface area (TPSA) is 54.9 Å². The molecule has 1 aromatic heterocycles. The summed E-state index contributed by atoms with van der Waals surface area (Å²) in [5.74, 6) is 1.80. The van der Waals surface area contributed by atoms with Crippen LogP contribution in [0.25, 0.3) is 0 Å². The summed E-state index contributed by atoms with van der Waals surface area (Å²) in [7, 11) is 0. The van der Waals surface area contributed by atoms with E-state index >= 15 is 0 Å². The number of anilines is 1. The molecular weight excluding hydrogens is 238 g/mol. The number of halogens is 1. The van der Waals surface area contributed by atoms with Gasteiger partial charge in [-0.2, -0.15) is 0 Å². The molecule has 1 N–H and O–H groups in total. The molecule has 1 saturated carbocycles. The first-order chi connectivity index (χ1) is 8.11. The molecule has 1 unspecified atom stereocenters. The van der Waals surface area contributed by atoms with Crippen LogP contribution < -0.4 is 5.32 Å². The zero-order chi connectivity index (χ0) is 12.4. The molecular formula is C12H16ClN3O. The first-order valence-corrected chi connectivity index (χ1v) is 6.25. The number of carbonyl (C=O) groups excluding carboxylic acids is 1. The van der Waals surface area contributed by atoms with Crippen LogP contribution in [-0.2, 0) is 0 Å². The van der Waals surface area contributed by atoms with Crippen molar-refractivity contribution in [3.63, 3.8) is 0 Å². The van der Waals surface area contributed by atoms with Crippen molar-refractivity contribution in [3.05, 3.63) is 16.5 Å². The predicted octanol–water partition coefficient (Wildman–Crippen LogP) is 2.85. The van der Waals surface area contributed by atoms with Crippen molar-refractivity contribution in [2.45, 2.75) is 39.2 Å². The minimum Gasteiger partial charge on any atom is -0.367 e. The maximum absolute atomic E-state index is 11.0. The zero-order valence-electron chi connectivity index (χ0n) is 10.0. The number of aldehydes is 1. The Hall–Kier alpha value is -1.16.